The monoisotopic (exact) mass is 241 g/mol. The molecule has 0 bridgehead atoms. The fourth-order valence-corrected chi connectivity index (χ4v) is 2.36. The quantitative estimate of drug-likeness (QED) is 0.874. The summed E-state index contributed by atoms with van der Waals surface area (Å²) < 4.78 is 32.6. The van der Waals surface area contributed by atoms with Crippen molar-refractivity contribution in [2.24, 2.45) is 5.92 Å². The Balaban J connectivity index is 2.35. The van der Waals surface area contributed by atoms with Gasteiger partial charge in [-0.05, 0) is 25.8 Å². The molecule has 1 aromatic carbocycles. The number of nitrogens with one attached hydrogen (secondary N) is 1. The van der Waals surface area contributed by atoms with Gasteiger partial charge in [0.05, 0.1) is 7.11 Å². The molecule has 1 aromatic rings. The lowest BCUT2D eigenvalue weighted by atomic mass is 9.77. The molecule has 4 heteroatoms. The molecule has 0 aliphatic heterocycles. The molecule has 1 fully saturated rings. The molecule has 0 heterocycles. The second kappa shape index (κ2) is 5.00. The molecular weight excluding hydrogens is 224 g/mol. The van der Waals surface area contributed by atoms with Gasteiger partial charge in [-0.25, -0.2) is 8.78 Å². The SMILES string of the molecule is CNC(c1c(F)cc(OC)cc1F)C1CCC1. The van der Waals surface area contributed by atoms with Crippen LogP contribution in [-0.4, -0.2) is 14.2 Å². The topological polar surface area (TPSA) is 21.3 Å². The van der Waals surface area contributed by atoms with Crippen LogP contribution in [0.15, 0.2) is 12.1 Å². The van der Waals surface area contributed by atoms with E-state index in [9.17, 15) is 8.78 Å². The van der Waals surface area contributed by atoms with Crippen molar-refractivity contribution in [2.75, 3.05) is 14.2 Å². The highest BCUT2D eigenvalue weighted by atomic mass is 19.1. The fraction of sp³-hybridized carbons (Fsp3) is 0.538. The van der Waals surface area contributed by atoms with E-state index >= 15 is 0 Å². The average Bonchev–Trinajstić information content (AvgIpc) is 2.23. The Morgan fingerprint density at radius 1 is 1.29 bits per heavy atom. The van der Waals surface area contributed by atoms with Crippen LogP contribution in [0.1, 0.15) is 30.9 Å². The van der Waals surface area contributed by atoms with Crippen molar-refractivity contribution >= 4 is 0 Å². The largest absolute Gasteiger partial charge is 0.497 e. The summed E-state index contributed by atoms with van der Waals surface area (Å²) in [5.74, 6) is -0.522. The van der Waals surface area contributed by atoms with Crippen molar-refractivity contribution in [3.8, 4) is 5.75 Å². The van der Waals surface area contributed by atoms with Gasteiger partial charge in [-0.2, -0.15) is 0 Å². The standard InChI is InChI=1S/C13H17F2NO/c1-16-13(8-4-3-5-8)12-10(14)6-9(17-2)7-11(12)15/h6-8,13,16H,3-5H2,1-2H3. The molecule has 1 atom stereocenters. The second-order valence-electron chi connectivity index (χ2n) is 4.46. The van der Waals surface area contributed by atoms with E-state index in [-0.39, 0.29) is 17.4 Å². The van der Waals surface area contributed by atoms with Crippen LogP contribution in [0, 0.1) is 17.6 Å². The Hall–Kier alpha value is -1.16. The van der Waals surface area contributed by atoms with Gasteiger partial charge in [-0.15, -0.1) is 0 Å². The molecule has 1 aliphatic carbocycles. The van der Waals surface area contributed by atoms with Crippen LogP contribution in [0.4, 0.5) is 8.78 Å². The third-order valence-electron chi connectivity index (χ3n) is 3.53. The molecule has 2 nitrogen and oxygen atoms in total. The molecule has 1 saturated carbocycles. The first kappa shape index (κ1) is 12.3. The Labute approximate surface area is 100.0 Å². The van der Waals surface area contributed by atoms with Gasteiger partial charge in [0.15, 0.2) is 0 Å². The van der Waals surface area contributed by atoms with E-state index in [0.29, 0.717) is 5.92 Å². The number of rotatable bonds is 4. The summed E-state index contributed by atoms with van der Waals surface area (Å²) in [4.78, 5) is 0. The minimum absolute atomic E-state index is 0.137. The van der Waals surface area contributed by atoms with E-state index in [1.807, 2.05) is 0 Å². The molecule has 0 amide bonds. The van der Waals surface area contributed by atoms with Gasteiger partial charge >= 0.3 is 0 Å². The lowest BCUT2D eigenvalue weighted by Crippen LogP contribution is -2.31. The van der Waals surface area contributed by atoms with Crippen LogP contribution in [0.2, 0.25) is 0 Å². The highest BCUT2D eigenvalue weighted by Crippen LogP contribution is 2.39. The van der Waals surface area contributed by atoms with Crippen LogP contribution in [0.3, 0.4) is 0 Å². The van der Waals surface area contributed by atoms with Crippen LogP contribution >= 0.6 is 0 Å². The second-order valence-corrected chi connectivity index (χ2v) is 4.46. The van der Waals surface area contributed by atoms with Crippen molar-refractivity contribution in [2.45, 2.75) is 25.3 Å². The number of methoxy groups -OCH3 is 1. The lowest BCUT2D eigenvalue weighted by molar-refractivity contribution is 0.230. The van der Waals surface area contributed by atoms with Crippen molar-refractivity contribution < 1.29 is 13.5 Å². The van der Waals surface area contributed by atoms with Crippen molar-refractivity contribution in [3.05, 3.63) is 29.3 Å². The van der Waals surface area contributed by atoms with Crippen molar-refractivity contribution in [1.29, 1.82) is 0 Å². The summed E-state index contributed by atoms with van der Waals surface area (Å²) >= 11 is 0. The molecule has 0 saturated heterocycles. The molecule has 17 heavy (non-hydrogen) atoms. The molecule has 1 aliphatic rings. The third-order valence-corrected chi connectivity index (χ3v) is 3.53. The van der Waals surface area contributed by atoms with E-state index < -0.39 is 11.6 Å². The number of benzene rings is 1. The van der Waals surface area contributed by atoms with E-state index in [1.54, 1.807) is 7.05 Å². The van der Waals surface area contributed by atoms with E-state index in [0.717, 1.165) is 19.3 Å². The first-order valence-electron chi connectivity index (χ1n) is 5.87. The van der Waals surface area contributed by atoms with E-state index in [2.05, 4.69) is 5.32 Å². The smallest absolute Gasteiger partial charge is 0.134 e. The van der Waals surface area contributed by atoms with Crippen LogP contribution in [0.5, 0.6) is 5.75 Å². The zero-order valence-electron chi connectivity index (χ0n) is 10.1. The average molecular weight is 241 g/mol. The van der Waals surface area contributed by atoms with Gasteiger partial charge < -0.3 is 10.1 Å². The molecule has 2 rings (SSSR count). The van der Waals surface area contributed by atoms with Gasteiger partial charge in [-0.1, -0.05) is 6.42 Å². The number of ether oxygens (including phenoxy) is 1. The summed E-state index contributed by atoms with van der Waals surface area (Å²) in [5.41, 5.74) is 0.137. The van der Waals surface area contributed by atoms with Gasteiger partial charge in [-0.3, -0.25) is 0 Å². The number of halogens is 2. The zero-order chi connectivity index (χ0) is 12.4. The zero-order valence-corrected chi connectivity index (χ0v) is 10.1. The number of hydrogen-bond donors (Lipinski definition) is 1. The fourth-order valence-electron chi connectivity index (χ4n) is 2.36. The van der Waals surface area contributed by atoms with Gasteiger partial charge in [0.2, 0.25) is 0 Å². The van der Waals surface area contributed by atoms with Gasteiger partial charge in [0.1, 0.15) is 17.4 Å². The van der Waals surface area contributed by atoms with Crippen LogP contribution in [0.25, 0.3) is 0 Å². The predicted octanol–water partition coefficient (Wildman–Crippen LogP) is 3.03. The maximum Gasteiger partial charge on any atom is 0.134 e. The normalized spacial score (nSPS) is 17.6. The molecule has 1 N–H and O–H groups in total. The Morgan fingerprint density at radius 3 is 2.24 bits per heavy atom. The van der Waals surface area contributed by atoms with Crippen molar-refractivity contribution in [1.82, 2.24) is 5.32 Å². The van der Waals surface area contributed by atoms with E-state index in [1.165, 1.54) is 19.2 Å². The van der Waals surface area contributed by atoms with Crippen molar-refractivity contribution in [3.63, 3.8) is 0 Å². The Kier molecular flexibility index (Phi) is 3.62. The number of hydrogen-bond acceptors (Lipinski definition) is 2. The summed E-state index contributed by atoms with van der Waals surface area (Å²) in [6.07, 6.45) is 3.19. The summed E-state index contributed by atoms with van der Waals surface area (Å²) in [6.45, 7) is 0. The Bertz CT molecular complexity index is 381. The summed E-state index contributed by atoms with van der Waals surface area (Å²) in [6, 6.07) is 2.23. The first-order chi connectivity index (χ1) is 8.17. The molecular formula is C13H17F2NO. The molecule has 1 unspecified atom stereocenters. The summed E-state index contributed by atoms with van der Waals surface area (Å²) in [5, 5.41) is 3.02. The maximum absolute atomic E-state index is 13.9. The minimum atomic E-state index is -0.534. The molecule has 94 valence electrons. The summed E-state index contributed by atoms with van der Waals surface area (Å²) in [7, 11) is 3.14. The van der Waals surface area contributed by atoms with Crippen LogP contribution in [-0.2, 0) is 0 Å². The van der Waals surface area contributed by atoms with Crippen LogP contribution < -0.4 is 10.1 Å². The maximum atomic E-state index is 13.9. The molecule has 0 radical (unpaired) electrons. The Morgan fingerprint density at radius 2 is 1.88 bits per heavy atom. The van der Waals surface area contributed by atoms with Gasteiger partial charge in [0.25, 0.3) is 0 Å². The molecule has 0 aromatic heterocycles. The van der Waals surface area contributed by atoms with Gasteiger partial charge in [0, 0.05) is 23.7 Å². The highest BCUT2D eigenvalue weighted by molar-refractivity contribution is 5.33. The first-order valence-corrected chi connectivity index (χ1v) is 5.87. The third kappa shape index (κ3) is 2.27. The predicted molar refractivity (Wildman–Crippen MR) is 62.1 cm³/mol. The highest BCUT2D eigenvalue weighted by Gasteiger charge is 2.31. The molecule has 0 spiro atoms. The van der Waals surface area contributed by atoms with E-state index in [4.69, 9.17) is 4.74 Å². The lowest BCUT2D eigenvalue weighted by Gasteiger charge is -2.34. The minimum Gasteiger partial charge on any atom is -0.497 e.